The molecule has 3 rings (SSSR count). The number of hydrogen-bond donors (Lipinski definition) is 1. The smallest absolute Gasteiger partial charge is 0.226 e. The third kappa shape index (κ3) is 4.60. The minimum absolute atomic E-state index is 0.246. The van der Waals surface area contributed by atoms with Crippen LogP contribution in [0, 0.1) is 5.92 Å². The van der Waals surface area contributed by atoms with Gasteiger partial charge < -0.3 is 10.2 Å². The summed E-state index contributed by atoms with van der Waals surface area (Å²) in [4.78, 5) is 15.3. The lowest BCUT2D eigenvalue weighted by Crippen LogP contribution is -2.49. The highest BCUT2D eigenvalue weighted by atomic mass is 16.2. The summed E-state index contributed by atoms with van der Waals surface area (Å²) >= 11 is 0. The summed E-state index contributed by atoms with van der Waals surface area (Å²) in [5.74, 6) is 0.684. The highest BCUT2D eigenvalue weighted by Gasteiger charge is 2.33. The first kappa shape index (κ1) is 17.5. The van der Waals surface area contributed by atoms with E-state index in [0.717, 1.165) is 38.8 Å². The number of benzene rings is 1. The van der Waals surface area contributed by atoms with Crippen LogP contribution in [0.3, 0.4) is 0 Å². The van der Waals surface area contributed by atoms with Crippen LogP contribution in [0.1, 0.15) is 57.4 Å². The Morgan fingerprint density at radius 1 is 1.21 bits per heavy atom. The molecular formula is C21H32N2O. The molecule has 2 aliphatic heterocycles. The van der Waals surface area contributed by atoms with Gasteiger partial charge >= 0.3 is 0 Å². The molecule has 1 aromatic rings. The summed E-state index contributed by atoms with van der Waals surface area (Å²) in [7, 11) is 0. The fraction of sp³-hybridized carbons (Fsp3) is 0.667. The lowest BCUT2D eigenvalue weighted by atomic mass is 9.89. The lowest BCUT2D eigenvalue weighted by Gasteiger charge is -2.39. The number of carbonyl (C=O) groups excluding carboxylic acids is 1. The average Bonchev–Trinajstić information content (AvgIpc) is 2.62. The van der Waals surface area contributed by atoms with Gasteiger partial charge in [0.25, 0.3) is 0 Å². The van der Waals surface area contributed by atoms with Crippen molar-refractivity contribution in [1.82, 2.24) is 10.2 Å². The number of aryl methyl sites for hydroxylation is 1. The van der Waals surface area contributed by atoms with Gasteiger partial charge in [0.15, 0.2) is 0 Å². The van der Waals surface area contributed by atoms with E-state index in [0.29, 0.717) is 18.0 Å². The Hall–Kier alpha value is -1.35. The predicted molar refractivity (Wildman–Crippen MR) is 98.9 cm³/mol. The zero-order valence-electron chi connectivity index (χ0n) is 15.0. The maximum Gasteiger partial charge on any atom is 0.226 e. The molecule has 0 aromatic heterocycles. The molecule has 3 atom stereocenters. The summed E-state index contributed by atoms with van der Waals surface area (Å²) < 4.78 is 0. The van der Waals surface area contributed by atoms with E-state index in [1.54, 1.807) is 0 Å². The van der Waals surface area contributed by atoms with E-state index in [-0.39, 0.29) is 5.92 Å². The van der Waals surface area contributed by atoms with Crippen molar-refractivity contribution in [2.24, 2.45) is 5.92 Å². The largest absolute Gasteiger partial charge is 0.339 e. The van der Waals surface area contributed by atoms with Crippen LogP contribution in [0.15, 0.2) is 30.3 Å². The third-order valence-corrected chi connectivity index (χ3v) is 5.73. The number of likely N-dealkylation sites (tertiary alicyclic amines) is 1. The molecule has 2 saturated heterocycles. The van der Waals surface area contributed by atoms with Gasteiger partial charge in [0.1, 0.15) is 0 Å². The second-order valence-corrected chi connectivity index (χ2v) is 7.64. The maximum absolute atomic E-state index is 13.0. The van der Waals surface area contributed by atoms with Gasteiger partial charge in [-0.1, -0.05) is 30.3 Å². The van der Waals surface area contributed by atoms with Gasteiger partial charge in [0.2, 0.25) is 5.91 Å². The molecule has 2 heterocycles. The number of hydrogen-bond acceptors (Lipinski definition) is 2. The zero-order valence-corrected chi connectivity index (χ0v) is 15.0. The topological polar surface area (TPSA) is 32.3 Å². The third-order valence-electron chi connectivity index (χ3n) is 5.73. The van der Waals surface area contributed by atoms with E-state index in [2.05, 4.69) is 47.5 Å². The van der Waals surface area contributed by atoms with Crippen LogP contribution in [0.25, 0.3) is 0 Å². The van der Waals surface area contributed by atoms with Crippen molar-refractivity contribution in [3.63, 3.8) is 0 Å². The van der Waals surface area contributed by atoms with Gasteiger partial charge in [-0.05, 0) is 70.4 Å². The van der Waals surface area contributed by atoms with Crippen LogP contribution in [-0.4, -0.2) is 36.0 Å². The zero-order chi connectivity index (χ0) is 16.8. The van der Waals surface area contributed by atoms with E-state index >= 15 is 0 Å². The normalized spacial score (nSPS) is 27.9. The summed E-state index contributed by atoms with van der Waals surface area (Å²) in [5, 5.41) is 3.46. The summed E-state index contributed by atoms with van der Waals surface area (Å²) in [6, 6.07) is 11.7. The molecule has 132 valence electrons. The van der Waals surface area contributed by atoms with Crippen molar-refractivity contribution in [3.05, 3.63) is 35.9 Å². The van der Waals surface area contributed by atoms with Crippen molar-refractivity contribution in [2.45, 2.75) is 70.4 Å². The molecular weight excluding hydrogens is 296 g/mol. The second kappa shape index (κ2) is 8.66. The molecule has 2 fully saturated rings. The van der Waals surface area contributed by atoms with Crippen molar-refractivity contribution < 1.29 is 4.79 Å². The molecule has 1 N–H and O–H groups in total. The lowest BCUT2D eigenvalue weighted by molar-refractivity contribution is -0.140. The number of carbonyl (C=O) groups is 1. The second-order valence-electron chi connectivity index (χ2n) is 7.64. The van der Waals surface area contributed by atoms with Gasteiger partial charge in [-0.2, -0.15) is 0 Å². The molecule has 0 radical (unpaired) electrons. The van der Waals surface area contributed by atoms with Crippen molar-refractivity contribution in [3.8, 4) is 0 Å². The Morgan fingerprint density at radius 3 is 2.83 bits per heavy atom. The number of amides is 1. The standard InChI is InChI=1S/C21H32N2O/c1-17-16-19(13-14-22-17)21(24)23-15-6-5-11-20(23)12-7-10-18-8-3-2-4-9-18/h2-4,8-9,17,19-20,22H,5-7,10-16H2,1H3/t17-,19-,20?/m0/s1. The SMILES string of the molecule is C[C@H]1C[C@@H](C(=O)N2CCCCC2CCCc2ccccc2)CCN1. The monoisotopic (exact) mass is 328 g/mol. The van der Waals surface area contributed by atoms with Gasteiger partial charge in [-0.3, -0.25) is 4.79 Å². The number of rotatable bonds is 5. The molecule has 0 bridgehead atoms. The van der Waals surface area contributed by atoms with Crippen LogP contribution >= 0.6 is 0 Å². The van der Waals surface area contributed by atoms with Crippen LogP contribution in [0.2, 0.25) is 0 Å². The van der Waals surface area contributed by atoms with Crippen molar-refractivity contribution >= 4 is 5.91 Å². The van der Waals surface area contributed by atoms with Gasteiger partial charge in [0.05, 0.1) is 0 Å². The minimum Gasteiger partial charge on any atom is -0.339 e. The molecule has 0 aliphatic carbocycles. The van der Waals surface area contributed by atoms with E-state index in [1.807, 2.05) is 0 Å². The first-order valence-electron chi connectivity index (χ1n) is 9.82. The number of nitrogens with zero attached hydrogens (tertiary/aromatic N) is 1. The van der Waals surface area contributed by atoms with E-state index in [9.17, 15) is 4.79 Å². The summed E-state index contributed by atoms with van der Waals surface area (Å²) in [6.07, 6.45) is 9.14. The van der Waals surface area contributed by atoms with Crippen LogP contribution in [0.5, 0.6) is 0 Å². The predicted octanol–water partition coefficient (Wildman–Crippen LogP) is 3.78. The Balaban J connectivity index is 1.53. The Labute approximate surface area is 146 Å². The van der Waals surface area contributed by atoms with Crippen LogP contribution < -0.4 is 5.32 Å². The van der Waals surface area contributed by atoms with E-state index in [1.165, 1.54) is 31.2 Å². The average molecular weight is 329 g/mol. The summed E-state index contributed by atoms with van der Waals surface area (Å²) in [5.41, 5.74) is 1.42. The van der Waals surface area contributed by atoms with Crippen LogP contribution in [0.4, 0.5) is 0 Å². The molecule has 3 nitrogen and oxygen atoms in total. The fourth-order valence-corrected chi connectivity index (χ4v) is 4.37. The molecule has 1 amide bonds. The molecule has 2 aliphatic rings. The molecule has 0 saturated carbocycles. The van der Waals surface area contributed by atoms with E-state index < -0.39 is 0 Å². The molecule has 1 aromatic carbocycles. The maximum atomic E-state index is 13.0. The molecule has 24 heavy (non-hydrogen) atoms. The van der Waals surface area contributed by atoms with Gasteiger partial charge in [0, 0.05) is 24.5 Å². The van der Waals surface area contributed by atoms with E-state index in [4.69, 9.17) is 0 Å². The quantitative estimate of drug-likeness (QED) is 0.892. The van der Waals surface area contributed by atoms with Crippen molar-refractivity contribution in [2.75, 3.05) is 13.1 Å². The van der Waals surface area contributed by atoms with Gasteiger partial charge in [-0.25, -0.2) is 0 Å². The van der Waals surface area contributed by atoms with Crippen LogP contribution in [-0.2, 0) is 11.2 Å². The summed E-state index contributed by atoms with van der Waals surface area (Å²) in [6.45, 7) is 4.17. The minimum atomic E-state index is 0.246. The fourth-order valence-electron chi connectivity index (χ4n) is 4.37. The Morgan fingerprint density at radius 2 is 2.04 bits per heavy atom. The highest BCUT2D eigenvalue weighted by molar-refractivity contribution is 5.79. The first-order chi connectivity index (χ1) is 11.7. The highest BCUT2D eigenvalue weighted by Crippen LogP contribution is 2.27. The van der Waals surface area contributed by atoms with Crippen molar-refractivity contribution in [1.29, 1.82) is 0 Å². The molecule has 1 unspecified atom stereocenters. The van der Waals surface area contributed by atoms with Gasteiger partial charge in [-0.15, -0.1) is 0 Å². The molecule has 0 spiro atoms. The first-order valence-corrected chi connectivity index (χ1v) is 9.82. The molecule has 3 heteroatoms. The number of piperidine rings is 2. The Kier molecular flexibility index (Phi) is 6.30. The number of nitrogens with one attached hydrogen (secondary N) is 1. The Bertz CT molecular complexity index is 516.